The van der Waals surface area contributed by atoms with Crippen LogP contribution in [0.2, 0.25) is 0 Å². The molecule has 0 atom stereocenters. The van der Waals surface area contributed by atoms with Crippen molar-refractivity contribution >= 4 is 0 Å². The van der Waals surface area contributed by atoms with Crippen LogP contribution in [0.15, 0.2) is 44.0 Å². The van der Waals surface area contributed by atoms with Gasteiger partial charge in [0.1, 0.15) is 12.4 Å². The van der Waals surface area contributed by atoms with Gasteiger partial charge in [-0.25, -0.2) is 9.13 Å². The molecule has 25 heavy (non-hydrogen) atoms. The van der Waals surface area contributed by atoms with Crippen LogP contribution < -0.4 is 4.57 Å². The minimum Gasteiger partial charge on any atom is -0.377 e. The summed E-state index contributed by atoms with van der Waals surface area (Å²) in [4.78, 5) is 0. The molecule has 0 bridgehead atoms. The van der Waals surface area contributed by atoms with E-state index >= 15 is 0 Å². The zero-order chi connectivity index (χ0) is 18.0. The smallest absolute Gasteiger partial charge is 0.243 e. The Morgan fingerprint density at radius 1 is 0.800 bits per heavy atom. The largest absolute Gasteiger partial charge is 0.377 e. The SMILES string of the molecule is C=CCOCCCCCCn1cc[n+](CCCCCCOCC=C)c1. The second-order valence-electron chi connectivity index (χ2n) is 6.44. The molecule has 0 radical (unpaired) electrons. The van der Waals surface area contributed by atoms with E-state index in [1.165, 1.54) is 38.5 Å². The van der Waals surface area contributed by atoms with E-state index in [-0.39, 0.29) is 0 Å². The number of unbranched alkanes of at least 4 members (excludes halogenated alkanes) is 6. The van der Waals surface area contributed by atoms with Crippen LogP contribution in [0.5, 0.6) is 0 Å². The van der Waals surface area contributed by atoms with Crippen molar-refractivity contribution in [1.29, 1.82) is 0 Å². The fourth-order valence-electron chi connectivity index (χ4n) is 2.74. The summed E-state index contributed by atoms with van der Waals surface area (Å²) in [5, 5.41) is 0. The minimum atomic E-state index is 0.673. The van der Waals surface area contributed by atoms with Gasteiger partial charge in [-0.05, 0) is 38.5 Å². The van der Waals surface area contributed by atoms with Crippen LogP contribution in [0, 0.1) is 0 Å². The van der Waals surface area contributed by atoms with Crippen molar-refractivity contribution in [1.82, 2.24) is 4.57 Å². The fourth-order valence-corrected chi connectivity index (χ4v) is 2.74. The van der Waals surface area contributed by atoms with Gasteiger partial charge in [0.25, 0.3) is 0 Å². The molecule has 0 aliphatic carbocycles. The van der Waals surface area contributed by atoms with E-state index in [1.54, 1.807) is 12.2 Å². The molecule has 0 amide bonds. The van der Waals surface area contributed by atoms with Gasteiger partial charge in [0.05, 0.1) is 26.3 Å². The Balaban J connectivity index is 1.95. The van der Waals surface area contributed by atoms with Crippen molar-refractivity contribution in [2.45, 2.75) is 64.5 Å². The van der Waals surface area contributed by atoms with Crippen molar-refractivity contribution in [3.05, 3.63) is 44.0 Å². The van der Waals surface area contributed by atoms with Gasteiger partial charge in [-0.1, -0.05) is 25.0 Å². The highest BCUT2D eigenvalue weighted by Gasteiger charge is 2.03. The summed E-state index contributed by atoms with van der Waals surface area (Å²) < 4.78 is 15.4. The molecular formula is C21H37N2O2+. The number of hydrogen-bond donors (Lipinski definition) is 0. The normalized spacial score (nSPS) is 10.9. The van der Waals surface area contributed by atoms with E-state index < -0.39 is 0 Å². The molecule has 4 nitrogen and oxygen atoms in total. The van der Waals surface area contributed by atoms with Crippen molar-refractivity contribution in [3.63, 3.8) is 0 Å². The first-order chi connectivity index (χ1) is 12.4. The number of imidazole rings is 1. The lowest BCUT2D eigenvalue weighted by atomic mass is 10.2. The molecule has 1 aromatic rings. The minimum absolute atomic E-state index is 0.673. The van der Waals surface area contributed by atoms with Crippen LogP contribution in [0.1, 0.15) is 51.4 Å². The molecular weight excluding hydrogens is 312 g/mol. The van der Waals surface area contributed by atoms with E-state index in [1.807, 2.05) is 0 Å². The van der Waals surface area contributed by atoms with Crippen molar-refractivity contribution in [3.8, 4) is 0 Å². The van der Waals surface area contributed by atoms with E-state index in [2.05, 4.69) is 41.0 Å². The lowest BCUT2D eigenvalue weighted by molar-refractivity contribution is -0.696. The van der Waals surface area contributed by atoms with Crippen LogP contribution >= 0.6 is 0 Å². The van der Waals surface area contributed by atoms with Gasteiger partial charge in [0.15, 0.2) is 0 Å². The molecule has 4 heteroatoms. The van der Waals surface area contributed by atoms with Gasteiger partial charge in [0.2, 0.25) is 6.33 Å². The molecule has 142 valence electrons. The molecule has 1 heterocycles. The third-order valence-corrected chi connectivity index (χ3v) is 4.13. The summed E-state index contributed by atoms with van der Waals surface area (Å²) in [6.45, 7) is 12.6. The van der Waals surface area contributed by atoms with E-state index in [0.717, 1.165) is 39.1 Å². The predicted molar refractivity (Wildman–Crippen MR) is 104 cm³/mol. The van der Waals surface area contributed by atoms with Gasteiger partial charge in [-0.3, -0.25) is 0 Å². The van der Waals surface area contributed by atoms with Gasteiger partial charge in [-0.15, -0.1) is 13.2 Å². The first-order valence-electron chi connectivity index (χ1n) is 9.79. The third kappa shape index (κ3) is 12.6. The highest BCUT2D eigenvalue weighted by molar-refractivity contribution is 4.66. The maximum atomic E-state index is 5.39. The molecule has 0 saturated heterocycles. The van der Waals surface area contributed by atoms with Crippen molar-refractivity contribution < 1.29 is 14.0 Å². The summed E-state index contributed by atoms with van der Waals surface area (Å²) in [6.07, 6.45) is 20.0. The average molecular weight is 350 g/mol. The van der Waals surface area contributed by atoms with Gasteiger partial charge in [-0.2, -0.15) is 0 Å². The molecule has 1 aromatic heterocycles. The lowest BCUT2D eigenvalue weighted by Gasteiger charge is -2.01. The van der Waals surface area contributed by atoms with E-state index in [9.17, 15) is 0 Å². The van der Waals surface area contributed by atoms with Gasteiger partial charge >= 0.3 is 0 Å². The van der Waals surface area contributed by atoms with Gasteiger partial charge < -0.3 is 9.47 Å². The van der Waals surface area contributed by atoms with Crippen molar-refractivity contribution in [2.24, 2.45) is 0 Å². The lowest BCUT2D eigenvalue weighted by Crippen LogP contribution is -2.30. The zero-order valence-corrected chi connectivity index (χ0v) is 15.9. The molecule has 1 rings (SSSR count). The van der Waals surface area contributed by atoms with Crippen LogP contribution in [0.4, 0.5) is 0 Å². The Morgan fingerprint density at radius 3 is 2.04 bits per heavy atom. The number of nitrogens with zero attached hydrogens (tertiary/aromatic N) is 2. The Labute approximate surface area is 154 Å². The molecule has 0 spiro atoms. The maximum Gasteiger partial charge on any atom is 0.243 e. The Morgan fingerprint density at radius 2 is 1.40 bits per heavy atom. The Kier molecular flexibility index (Phi) is 13.9. The third-order valence-electron chi connectivity index (χ3n) is 4.13. The number of hydrogen-bond acceptors (Lipinski definition) is 2. The summed E-state index contributed by atoms with van der Waals surface area (Å²) in [7, 11) is 0. The Bertz CT molecular complexity index is 404. The second-order valence-corrected chi connectivity index (χ2v) is 6.44. The molecule has 0 aromatic carbocycles. The summed E-state index contributed by atoms with van der Waals surface area (Å²) >= 11 is 0. The Hall–Kier alpha value is -1.39. The maximum absolute atomic E-state index is 5.39. The van der Waals surface area contributed by atoms with Crippen LogP contribution in [-0.4, -0.2) is 31.0 Å². The quantitative estimate of drug-likeness (QED) is 0.224. The number of aromatic nitrogens is 2. The highest BCUT2D eigenvalue weighted by atomic mass is 16.5. The van der Waals surface area contributed by atoms with Crippen LogP contribution in [-0.2, 0) is 22.6 Å². The first-order valence-corrected chi connectivity index (χ1v) is 9.79. The topological polar surface area (TPSA) is 27.3 Å². The molecule has 0 saturated carbocycles. The second kappa shape index (κ2) is 16.1. The summed E-state index contributed by atoms with van der Waals surface area (Å²) in [5.74, 6) is 0. The average Bonchev–Trinajstić information content (AvgIpc) is 3.07. The predicted octanol–water partition coefficient (Wildman–Crippen LogP) is 4.30. The fraction of sp³-hybridized carbons (Fsp3) is 0.667. The number of aryl methyl sites for hydroxylation is 2. The molecule has 0 unspecified atom stereocenters. The first kappa shape index (κ1) is 21.7. The van der Waals surface area contributed by atoms with Crippen LogP contribution in [0.3, 0.4) is 0 Å². The van der Waals surface area contributed by atoms with E-state index in [4.69, 9.17) is 9.47 Å². The van der Waals surface area contributed by atoms with Gasteiger partial charge in [0, 0.05) is 13.2 Å². The number of ether oxygens (including phenoxy) is 2. The van der Waals surface area contributed by atoms with E-state index in [0.29, 0.717) is 13.2 Å². The highest BCUT2D eigenvalue weighted by Crippen LogP contribution is 2.03. The summed E-state index contributed by atoms with van der Waals surface area (Å²) in [5.41, 5.74) is 0. The molecule has 0 fully saturated rings. The molecule has 0 aliphatic heterocycles. The van der Waals surface area contributed by atoms with Crippen LogP contribution in [0.25, 0.3) is 0 Å². The molecule has 0 N–H and O–H groups in total. The zero-order valence-electron chi connectivity index (χ0n) is 15.9. The summed E-state index contributed by atoms with van der Waals surface area (Å²) in [6, 6.07) is 0. The number of rotatable bonds is 18. The van der Waals surface area contributed by atoms with Crippen molar-refractivity contribution in [2.75, 3.05) is 26.4 Å². The standard InChI is InChI=1S/C21H37N2O2/c1-3-17-24-19-11-7-5-9-13-22-15-16-23(21-22)14-10-6-8-12-20-25-18-4-2/h3-4,15-16,21H,1-2,5-14,17-20H2/q+1. The monoisotopic (exact) mass is 349 g/mol. The molecule has 0 aliphatic rings.